The molecule has 2 aromatic heterocycles. The van der Waals surface area contributed by atoms with E-state index in [0.29, 0.717) is 17.0 Å². The SMILES string of the molecule is Cc1noc(C)c1-c1cc(C(O)C(F)(F)C(F)(F)F)c2[nH]c(=O)[nH]c2c1. The first-order valence-corrected chi connectivity index (χ1v) is 7.25. The van der Waals surface area contributed by atoms with Crippen LogP contribution < -0.4 is 5.69 Å². The molecule has 3 N–H and O–H groups in total. The Morgan fingerprint density at radius 1 is 1.15 bits per heavy atom. The number of halogens is 5. The molecule has 2 heterocycles. The Morgan fingerprint density at radius 3 is 2.35 bits per heavy atom. The summed E-state index contributed by atoms with van der Waals surface area (Å²) in [5, 5.41) is 13.5. The van der Waals surface area contributed by atoms with Gasteiger partial charge in [0.25, 0.3) is 0 Å². The van der Waals surface area contributed by atoms with E-state index in [-0.39, 0.29) is 16.6 Å². The fourth-order valence-corrected chi connectivity index (χ4v) is 2.78. The molecule has 140 valence electrons. The highest BCUT2D eigenvalue weighted by atomic mass is 19.4. The highest BCUT2D eigenvalue weighted by Gasteiger charge is 2.63. The zero-order valence-corrected chi connectivity index (χ0v) is 13.3. The number of benzene rings is 1. The smallest absolute Gasteiger partial charge is 0.382 e. The highest BCUT2D eigenvalue weighted by Crippen LogP contribution is 2.46. The minimum absolute atomic E-state index is 0.0421. The molecule has 0 amide bonds. The van der Waals surface area contributed by atoms with E-state index in [1.165, 1.54) is 13.0 Å². The molecule has 0 aliphatic heterocycles. The fourth-order valence-electron chi connectivity index (χ4n) is 2.78. The lowest BCUT2D eigenvalue weighted by Gasteiger charge is -2.25. The van der Waals surface area contributed by atoms with Crippen LogP contribution in [0.5, 0.6) is 0 Å². The van der Waals surface area contributed by atoms with Gasteiger partial charge in [0.1, 0.15) is 5.76 Å². The number of imidazole rings is 1. The molecule has 3 rings (SSSR count). The topological polar surface area (TPSA) is 94.9 Å². The second-order valence-corrected chi connectivity index (χ2v) is 5.79. The number of H-pyrrole nitrogens is 2. The van der Waals surface area contributed by atoms with Gasteiger partial charge < -0.3 is 19.6 Å². The van der Waals surface area contributed by atoms with Gasteiger partial charge >= 0.3 is 17.8 Å². The van der Waals surface area contributed by atoms with Gasteiger partial charge in [-0.15, -0.1) is 0 Å². The van der Waals surface area contributed by atoms with E-state index in [9.17, 15) is 31.9 Å². The summed E-state index contributed by atoms with van der Waals surface area (Å²) in [4.78, 5) is 15.9. The molecule has 0 bridgehead atoms. The van der Waals surface area contributed by atoms with E-state index in [4.69, 9.17) is 4.52 Å². The monoisotopic (exact) mass is 377 g/mol. The van der Waals surface area contributed by atoms with Gasteiger partial charge in [-0.05, 0) is 31.5 Å². The molecular formula is C15H12F5N3O3. The van der Waals surface area contributed by atoms with E-state index in [2.05, 4.69) is 15.1 Å². The van der Waals surface area contributed by atoms with Gasteiger partial charge in [-0.1, -0.05) is 5.16 Å². The number of rotatable bonds is 3. The van der Waals surface area contributed by atoms with E-state index in [1.54, 1.807) is 6.92 Å². The summed E-state index contributed by atoms with van der Waals surface area (Å²) in [6.45, 7) is 3.08. The molecule has 0 radical (unpaired) electrons. The van der Waals surface area contributed by atoms with E-state index in [1.807, 2.05) is 0 Å². The van der Waals surface area contributed by atoms with Gasteiger partial charge in [-0.2, -0.15) is 22.0 Å². The number of aryl methyl sites for hydroxylation is 2. The van der Waals surface area contributed by atoms with Crippen LogP contribution in [0, 0.1) is 13.8 Å². The van der Waals surface area contributed by atoms with Gasteiger partial charge in [0.05, 0.1) is 16.7 Å². The van der Waals surface area contributed by atoms with Crippen LogP contribution in [0.4, 0.5) is 22.0 Å². The molecule has 0 fully saturated rings. The van der Waals surface area contributed by atoms with Crippen LogP contribution in [0.2, 0.25) is 0 Å². The molecule has 26 heavy (non-hydrogen) atoms. The number of nitrogens with one attached hydrogen (secondary N) is 2. The maximum Gasteiger partial charge on any atom is 0.456 e. The second kappa shape index (κ2) is 5.66. The molecule has 1 aromatic carbocycles. The lowest BCUT2D eigenvalue weighted by molar-refractivity contribution is -0.314. The molecule has 1 atom stereocenters. The normalized spacial score (nSPS) is 14.2. The predicted octanol–water partition coefficient (Wildman–Crippen LogP) is 3.36. The number of hydrogen-bond acceptors (Lipinski definition) is 4. The number of alkyl halides is 5. The van der Waals surface area contributed by atoms with E-state index >= 15 is 0 Å². The van der Waals surface area contributed by atoms with Crippen LogP contribution in [0.25, 0.3) is 22.2 Å². The zero-order valence-electron chi connectivity index (χ0n) is 13.3. The summed E-state index contributed by atoms with van der Waals surface area (Å²) >= 11 is 0. The molecule has 0 saturated heterocycles. The first kappa shape index (κ1) is 18.1. The van der Waals surface area contributed by atoms with Crippen molar-refractivity contribution in [3.8, 4) is 11.1 Å². The zero-order chi connectivity index (χ0) is 19.4. The number of hydrogen-bond donors (Lipinski definition) is 3. The Bertz CT molecular complexity index is 1010. The van der Waals surface area contributed by atoms with Crippen molar-refractivity contribution in [3.05, 3.63) is 39.6 Å². The predicted molar refractivity (Wildman–Crippen MR) is 79.9 cm³/mol. The van der Waals surface area contributed by atoms with E-state index in [0.717, 1.165) is 6.07 Å². The second-order valence-electron chi connectivity index (χ2n) is 5.79. The van der Waals surface area contributed by atoms with Crippen LogP contribution in [-0.4, -0.2) is 32.3 Å². The lowest BCUT2D eigenvalue weighted by atomic mass is 9.95. The first-order valence-electron chi connectivity index (χ1n) is 7.25. The summed E-state index contributed by atoms with van der Waals surface area (Å²) in [5.74, 6) is -5.13. The molecular weight excluding hydrogens is 365 g/mol. The third kappa shape index (κ3) is 2.68. The van der Waals surface area contributed by atoms with Crippen LogP contribution in [0.3, 0.4) is 0 Å². The Balaban J connectivity index is 2.29. The average Bonchev–Trinajstić information content (AvgIpc) is 3.05. The number of aromatic amines is 2. The molecule has 0 spiro atoms. The third-order valence-electron chi connectivity index (χ3n) is 3.99. The van der Waals surface area contributed by atoms with Crippen LogP contribution >= 0.6 is 0 Å². The Morgan fingerprint density at radius 2 is 1.81 bits per heavy atom. The van der Waals surface area contributed by atoms with Crippen molar-refractivity contribution in [2.75, 3.05) is 0 Å². The number of aliphatic hydroxyl groups excluding tert-OH is 1. The standard InChI is InChI=1S/C15H12F5N3O3/c1-5-10(6(2)26-23-5)7-3-8(11-9(4-7)21-13(25)22-11)12(24)14(16,17)15(18,19)20/h3-4,12,24H,1-2H3,(H2,21,22,25). The van der Waals surface area contributed by atoms with Crippen molar-refractivity contribution >= 4 is 11.0 Å². The number of aliphatic hydroxyl groups is 1. The van der Waals surface area contributed by atoms with E-state index < -0.39 is 29.5 Å². The van der Waals surface area contributed by atoms with Crippen molar-refractivity contribution in [2.24, 2.45) is 0 Å². The number of aromatic nitrogens is 3. The summed E-state index contributed by atoms with van der Waals surface area (Å²) in [6.07, 6.45) is -9.20. The molecule has 11 heteroatoms. The Labute approximate surface area is 141 Å². The largest absolute Gasteiger partial charge is 0.456 e. The fraction of sp³-hybridized carbons (Fsp3) is 0.333. The lowest BCUT2D eigenvalue weighted by Crippen LogP contribution is -2.42. The third-order valence-corrected chi connectivity index (χ3v) is 3.99. The summed E-state index contributed by atoms with van der Waals surface area (Å²) in [5.41, 5.74) is -1.10. The average molecular weight is 377 g/mol. The number of fused-ring (bicyclic) bond motifs is 1. The van der Waals surface area contributed by atoms with Crippen molar-refractivity contribution in [1.82, 2.24) is 15.1 Å². The molecule has 1 unspecified atom stereocenters. The first-order chi connectivity index (χ1) is 11.9. The van der Waals surface area contributed by atoms with Crippen molar-refractivity contribution < 1.29 is 31.6 Å². The van der Waals surface area contributed by atoms with Crippen molar-refractivity contribution in [1.29, 1.82) is 0 Å². The van der Waals surface area contributed by atoms with Crippen LogP contribution in [0.15, 0.2) is 21.5 Å². The Kier molecular flexibility index (Phi) is 3.94. The summed E-state index contributed by atoms with van der Waals surface area (Å²) in [7, 11) is 0. The Hall–Kier alpha value is -2.69. The highest BCUT2D eigenvalue weighted by molar-refractivity contribution is 5.86. The van der Waals surface area contributed by atoms with Gasteiger partial charge in [0, 0.05) is 11.1 Å². The summed E-state index contributed by atoms with van der Waals surface area (Å²) in [6, 6.07) is 2.31. The maximum atomic E-state index is 13.7. The molecule has 3 aromatic rings. The van der Waals surface area contributed by atoms with Crippen molar-refractivity contribution in [3.63, 3.8) is 0 Å². The van der Waals surface area contributed by atoms with Gasteiger partial charge in [0.2, 0.25) is 0 Å². The molecule has 6 nitrogen and oxygen atoms in total. The minimum atomic E-state index is -5.98. The molecule has 0 aliphatic carbocycles. The van der Waals surface area contributed by atoms with Crippen molar-refractivity contribution in [2.45, 2.75) is 32.1 Å². The molecule has 0 aliphatic rings. The van der Waals surface area contributed by atoms with Gasteiger partial charge in [0.15, 0.2) is 6.10 Å². The van der Waals surface area contributed by atoms with Crippen LogP contribution in [-0.2, 0) is 0 Å². The quantitative estimate of drug-likeness (QED) is 0.610. The summed E-state index contributed by atoms with van der Waals surface area (Å²) < 4.78 is 70.3. The van der Waals surface area contributed by atoms with Gasteiger partial charge in [-0.25, -0.2) is 4.79 Å². The molecule has 0 saturated carbocycles. The number of nitrogens with zero attached hydrogens (tertiary/aromatic N) is 1. The maximum absolute atomic E-state index is 13.7. The van der Waals surface area contributed by atoms with Gasteiger partial charge in [-0.3, -0.25) is 0 Å². The van der Waals surface area contributed by atoms with Crippen LogP contribution in [0.1, 0.15) is 23.1 Å². The minimum Gasteiger partial charge on any atom is -0.382 e.